The van der Waals surface area contributed by atoms with Crippen LogP contribution in [0.2, 0.25) is 0 Å². The molecule has 0 saturated heterocycles. The van der Waals surface area contributed by atoms with Gasteiger partial charge in [-0.1, -0.05) is 0 Å². The molecule has 0 aromatic heterocycles. The maximum Gasteiger partial charge on any atom is 0.277 e. The second kappa shape index (κ2) is 2.18. The van der Waals surface area contributed by atoms with Gasteiger partial charge in [-0.25, -0.2) is 5.14 Å². The van der Waals surface area contributed by atoms with Crippen LogP contribution in [0.4, 0.5) is 0 Å². The van der Waals surface area contributed by atoms with Gasteiger partial charge in [-0.2, -0.15) is 12.7 Å². The molecule has 4 nitrogen and oxygen atoms in total. The molecular formula is C6H12N2O2S. The summed E-state index contributed by atoms with van der Waals surface area (Å²) in [5, 5.41) is 5.06. The quantitative estimate of drug-likeness (QED) is 0.648. The van der Waals surface area contributed by atoms with Crippen molar-refractivity contribution < 1.29 is 8.42 Å². The second-order valence-electron chi connectivity index (χ2n) is 3.34. The summed E-state index contributed by atoms with van der Waals surface area (Å²) in [4.78, 5) is 0. The first-order valence-corrected chi connectivity index (χ1v) is 5.40. The first-order chi connectivity index (χ1) is 5.09. The zero-order valence-electron chi connectivity index (χ0n) is 6.23. The molecule has 11 heavy (non-hydrogen) atoms. The van der Waals surface area contributed by atoms with Crippen LogP contribution < -0.4 is 5.14 Å². The minimum atomic E-state index is -3.41. The molecule has 0 aromatic rings. The lowest BCUT2D eigenvalue weighted by Crippen LogP contribution is -2.39. The van der Waals surface area contributed by atoms with Gasteiger partial charge in [-0.15, -0.1) is 0 Å². The van der Waals surface area contributed by atoms with E-state index < -0.39 is 10.2 Å². The smallest absolute Gasteiger partial charge is 0.216 e. The van der Waals surface area contributed by atoms with E-state index in [9.17, 15) is 8.42 Å². The molecule has 64 valence electrons. The molecule has 0 amide bonds. The lowest BCUT2D eigenvalue weighted by molar-refractivity contribution is 0.397. The molecule has 2 saturated carbocycles. The molecule has 0 bridgehead atoms. The van der Waals surface area contributed by atoms with Gasteiger partial charge in [-0.05, 0) is 25.7 Å². The number of hydrogen-bond donors (Lipinski definition) is 1. The summed E-state index contributed by atoms with van der Waals surface area (Å²) < 4.78 is 23.5. The van der Waals surface area contributed by atoms with Crippen LogP contribution in [0, 0.1) is 0 Å². The van der Waals surface area contributed by atoms with Crippen LogP contribution in [0.3, 0.4) is 0 Å². The zero-order chi connectivity index (χ0) is 8.06. The van der Waals surface area contributed by atoms with E-state index in [4.69, 9.17) is 5.14 Å². The van der Waals surface area contributed by atoms with E-state index in [2.05, 4.69) is 0 Å². The first kappa shape index (κ1) is 7.52. The number of rotatable bonds is 3. The molecule has 0 unspecified atom stereocenters. The second-order valence-corrected chi connectivity index (χ2v) is 4.79. The third kappa shape index (κ3) is 1.55. The predicted molar refractivity (Wildman–Crippen MR) is 41.0 cm³/mol. The Morgan fingerprint density at radius 3 is 1.64 bits per heavy atom. The molecule has 0 heterocycles. The van der Waals surface area contributed by atoms with Crippen molar-refractivity contribution in [2.24, 2.45) is 5.14 Å². The molecule has 0 radical (unpaired) electrons. The average Bonchev–Trinajstić information content (AvgIpc) is 2.50. The molecule has 2 N–H and O–H groups in total. The minimum Gasteiger partial charge on any atom is -0.216 e. The highest BCUT2D eigenvalue weighted by Gasteiger charge is 2.44. The van der Waals surface area contributed by atoms with E-state index in [0.29, 0.717) is 0 Å². The van der Waals surface area contributed by atoms with Crippen LogP contribution in [-0.4, -0.2) is 24.8 Å². The average molecular weight is 176 g/mol. The van der Waals surface area contributed by atoms with E-state index in [-0.39, 0.29) is 12.1 Å². The van der Waals surface area contributed by atoms with Gasteiger partial charge in [0.1, 0.15) is 0 Å². The van der Waals surface area contributed by atoms with Crippen molar-refractivity contribution in [3.8, 4) is 0 Å². The highest BCUT2D eigenvalue weighted by molar-refractivity contribution is 7.86. The van der Waals surface area contributed by atoms with Gasteiger partial charge in [-0.3, -0.25) is 0 Å². The van der Waals surface area contributed by atoms with Crippen molar-refractivity contribution in [2.45, 2.75) is 37.8 Å². The van der Waals surface area contributed by atoms with Crippen LogP contribution in [0.15, 0.2) is 0 Å². The SMILES string of the molecule is NS(=O)(=O)N(C1CC1)C1CC1. The van der Waals surface area contributed by atoms with E-state index in [0.717, 1.165) is 25.7 Å². The maximum atomic E-state index is 11.0. The predicted octanol–water partition coefficient (Wildman–Crippen LogP) is -0.183. The van der Waals surface area contributed by atoms with Crippen LogP contribution >= 0.6 is 0 Å². The van der Waals surface area contributed by atoms with Gasteiger partial charge in [0, 0.05) is 12.1 Å². The maximum absolute atomic E-state index is 11.0. The summed E-state index contributed by atoms with van der Waals surface area (Å²) in [5.41, 5.74) is 0. The molecule has 2 aliphatic carbocycles. The van der Waals surface area contributed by atoms with Crippen molar-refractivity contribution in [2.75, 3.05) is 0 Å². The Labute approximate surface area is 66.5 Å². The summed E-state index contributed by atoms with van der Waals surface area (Å²) in [7, 11) is -3.41. The summed E-state index contributed by atoms with van der Waals surface area (Å²) in [5.74, 6) is 0. The third-order valence-corrected chi connectivity index (χ3v) is 3.29. The van der Waals surface area contributed by atoms with Gasteiger partial charge in [0.25, 0.3) is 10.2 Å². The summed E-state index contributed by atoms with van der Waals surface area (Å²) >= 11 is 0. The topological polar surface area (TPSA) is 63.4 Å². The molecule has 2 rings (SSSR count). The van der Waals surface area contributed by atoms with Gasteiger partial charge < -0.3 is 0 Å². The highest BCUT2D eigenvalue weighted by atomic mass is 32.2. The summed E-state index contributed by atoms with van der Waals surface area (Å²) in [6.45, 7) is 0. The molecule has 2 aliphatic rings. The minimum absolute atomic E-state index is 0.234. The number of hydrogen-bond acceptors (Lipinski definition) is 2. The van der Waals surface area contributed by atoms with Gasteiger partial charge in [0.15, 0.2) is 0 Å². The van der Waals surface area contributed by atoms with Crippen molar-refractivity contribution >= 4 is 10.2 Å². The fourth-order valence-corrected chi connectivity index (χ4v) is 2.62. The lowest BCUT2D eigenvalue weighted by Gasteiger charge is -2.17. The Hall–Kier alpha value is -0.130. The highest BCUT2D eigenvalue weighted by Crippen LogP contribution is 2.38. The molecule has 0 aromatic carbocycles. The van der Waals surface area contributed by atoms with Gasteiger partial charge in [0.2, 0.25) is 0 Å². The van der Waals surface area contributed by atoms with E-state index in [1.165, 1.54) is 4.31 Å². The van der Waals surface area contributed by atoms with Crippen molar-refractivity contribution in [1.29, 1.82) is 0 Å². The Bertz CT molecular complexity index is 242. The molecular weight excluding hydrogens is 164 g/mol. The lowest BCUT2D eigenvalue weighted by atomic mass is 10.6. The Kier molecular flexibility index (Phi) is 1.49. The van der Waals surface area contributed by atoms with E-state index in [1.54, 1.807) is 0 Å². The largest absolute Gasteiger partial charge is 0.277 e. The van der Waals surface area contributed by atoms with E-state index >= 15 is 0 Å². The van der Waals surface area contributed by atoms with Crippen molar-refractivity contribution in [3.05, 3.63) is 0 Å². The molecule has 2 fully saturated rings. The Balaban J connectivity index is 2.14. The molecule has 5 heteroatoms. The Morgan fingerprint density at radius 2 is 1.45 bits per heavy atom. The Morgan fingerprint density at radius 1 is 1.09 bits per heavy atom. The van der Waals surface area contributed by atoms with Crippen LogP contribution in [0.5, 0.6) is 0 Å². The fourth-order valence-electron chi connectivity index (χ4n) is 1.37. The number of nitrogens with two attached hydrogens (primary N) is 1. The first-order valence-electron chi connectivity index (χ1n) is 3.90. The molecule has 0 spiro atoms. The summed E-state index contributed by atoms with van der Waals surface area (Å²) in [6, 6.07) is 0.468. The standard InChI is InChI=1S/C6H12N2O2S/c7-11(9,10)8(5-1-2-5)6-3-4-6/h5-6H,1-4H2,(H2,7,9,10). The molecule has 0 atom stereocenters. The van der Waals surface area contributed by atoms with E-state index in [1.807, 2.05) is 0 Å². The fraction of sp³-hybridized carbons (Fsp3) is 1.00. The summed E-state index contributed by atoms with van der Waals surface area (Å²) in [6.07, 6.45) is 3.97. The number of nitrogens with zero attached hydrogens (tertiary/aromatic N) is 1. The zero-order valence-corrected chi connectivity index (χ0v) is 7.05. The normalized spacial score (nSPS) is 26.0. The molecule has 0 aliphatic heterocycles. The van der Waals surface area contributed by atoms with Gasteiger partial charge >= 0.3 is 0 Å². The van der Waals surface area contributed by atoms with Crippen molar-refractivity contribution in [3.63, 3.8) is 0 Å². The van der Waals surface area contributed by atoms with Crippen LogP contribution in [0.25, 0.3) is 0 Å². The van der Waals surface area contributed by atoms with Crippen LogP contribution in [-0.2, 0) is 10.2 Å². The third-order valence-electron chi connectivity index (χ3n) is 2.11. The van der Waals surface area contributed by atoms with Crippen LogP contribution in [0.1, 0.15) is 25.7 Å². The van der Waals surface area contributed by atoms with Gasteiger partial charge in [0.05, 0.1) is 0 Å². The monoisotopic (exact) mass is 176 g/mol. The van der Waals surface area contributed by atoms with Crippen molar-refractivity contribution in [1.82, 2.24) is 4.31 Å².